The molecule has 6 heteroatoms. The van der Waals surface area contributed by atoms with Gasteiger partial charge in [0.1, 0.15) is 4.99 Å². The lowest BCUT2D eigenvalue weighted by atomic mass is 10.1. The molecule has 1 aliphatic rings. The predicted molar refractivity (Wildman–Crippen MR) is 115 cm³/mol. The number of piperidine rings is 1. The van der Waals surface area contributed by atoms with E-state index in [9.17, 15) is 4.79 Å². The molecule has 0 spiro atoms. The maximum Gasteiger partial charge on any atom is 0.262 e. The molecule has 1 N–H and O–H groups in total. The lowest BCUT2D eigenvalue weighted by Crippen LogP contribution is -2.34. The first-order chi connectivity index (χ1) is 13.6. The number of nitrogens with zero attached hydrogens (tertiary/aromatic N) is 1. The predicted octanol–water partition coefficient (Wildman–Crippen LogP) is 4.18. The van der Waals surface area contributed by atoms with E-state index < -0.39 is 0 Å². The van der Waals surface area contributed by atoms with Crippen molar-refractivity contribution in [2.75, 3.05) is 32.1 Å². The zero-order valence-corrected chi connectivity index (χ0v) is 17.2. The Morgan fingerprint density at radius 2 is 1.86 bits per heavy atom. The highest BCUT2D eigenvalue weighted by Gasteiger charge is 2.17. The number of carbonyl (C=O) groups excluding carboxylic acids is 1. The molecule has 0 bridgehead atoms. The lowest BCUT2D eigenvalue weighted by Gasteiger charge is -2.29. The molecular weight excluding hydrogens is 372 g/mol. The summed E-state index contributed by atoms with van der Waals surface area (Å²) in [7, 11) is 1.59. The monoisotopic (exact) mass is 398 g/mol. The Bertz CT molecular complexity index is 847. The van der Waals surface area contributed by atoms with Crippen molar-refractivity contribution in [2.24, 2.45) is 0 Å². The van der Waals surface area contributed by atoms with Crippen LogP contribution in [0.2, 0.25) is 0 Å². The standard InChI is InChI=1S/C22H26N2O3S/c1-16-8-4-5-9-18(16)23-21(25)15-27-19-11-10-17(14-20(19)26-2)22(28)24-12-6-3-7-13-24/h4-5,8-11,14H,3,6-7,12-13,15H2,1-2H3,(H,23,25). The minimum Gasteiger partial charge on any atom is -0.493 e. The molecule has 0 aliphatic carbocycles. The Kier molecular flexibility index (Phi) is 6.87. The normalized spacial score (nSPS) is 13.7. The van der Waals surface area contributed by atoms with Gasteiger partial charge in [0, 0.05) is 24.3 Å². The molecule has 1 fully saturated rings. The maximum absolute atomic E-state index is 12.2. The number of aryl methyl sites for hydroxylation is 1. The van der Waals surface area contributed by atoms with Gasteiger partial charge >= 0.3 is 0 Å². The van der Waals surface area contributed by atoms with E-state index in [1.165, 1.54) is 19.3 Å². The Morgan fingerprint density at radius 3 is 2.57 bits per heavy atom. The van der Waals surface area contributed by atoms with Crippen LogP contribution >= 0.6 is 12.2 Å². The molecule has 1 aliphatic heterocycles. The number of nitrogens with one attached hydrogen (secondary N) is 1. The van der Waals surface area contributed by atoms with E-state index in [0.717, 1.165) is 34.9 Å². The average Bonchev–Trinajstić information content (AvgIpc) is 2.74. The van der Waals surface area contributed by atoms with Crippen LogP contribution in [0.4, 0.5) is 5.69 Å². The van der Waals surface area contributed by atoms with E-state index in [1.807, 2.05) is 49.4 Å². The number of benzene rings is 2. The number of amides is 1. The number of hydrogen-bond donors (Lipinski definition) is 1. The van der Waals surface area contributed by atoms with Crippen molar-refractivity contribution in [1.82, 2.24) is 4.90 Å². The van der Waals surface area contributed by atoms with E-state index in [0.29, 0.717) is 11.5 Å². The van der Waals surface area contributed by atoms with Crippen LogP contribution in [0.15, 0.2) is 42.5 Å². The van der Waals surface area contributed by atoms with Gasteiger partial charge in [0.25, 0.3) is 5.91 Å². The molecule has 1 saturated heterocycles. The fourth-order valence-corrected chi connectivity index (χ4v) is 3.55. The molecule has 28 heavy (non-hydrogen) atoms. The van der Waals surface area contributed by atoms with Crippen molar-refractivity contribution in [3.8, 4) is 11.5 Å². The number of rotatable bonds is 6. The third kappa shape index (κ3) is 5.01. The number of thiocarbonyl (C=S) groups is 1. The summed E-state index contributed by atoms with van der Waals surface area (Å²) in [4.78, 5) is 15.3. The van der Waals surface area contributed by atoms with Gasteiger partial charge in [-0.25, -0.2) is 0 Å². The highest BCUT2D eigenvalue weighted by molar-refractivity contribution is 7.80. The molecule has 0 saturated carbocycles. The van der Waals surface area contributed by atoms with Gasteiger partial charge in [-0.05, 0) is 56.0 Å². The van der Waals surface area contributed by atoms with Gasteiger partial charge in [-0.3, -0.25) is 4.79 Å². The smallest absolute Gasteiger partial charge is 0.262 e. The topological polar surface area (TPSA) is 50.8 Å². The van der Waals surface area contributed by atoms with Gasteiger partial charge in [0.2, 0.25) is 0 Å². The molecule has 2 aromatic rings. The molecule has 0 radical (unpaired) electrons. The number of methoxy groups -OCH3 is 1. The summed E-state index contributed by atoms with van der Waals surface area (Å²) in [6.45, 7) is 3.85. The van der Waals surface area contributed by atoms with E-state index in [1.54, 1.807) is 7.11 Å². The number of likely N-dealkylation sites (tertiary alicyclic amines) is 1. The number of para-hydroxylation sites is 1. The zero-order valence-electron chi connectivity index (χ0n) is 16.4. The summed E-state index contributed by atoms with van der Waals surface area (Å²) < 4.78 is 11.1. The van der Waals surface area contributed by atoms with E-state index in [4.69, 9.17) is 21.7 Å². The molecule has 5 nitrogen and oxygen atoms in total. The van der Waals surface area contributed by atoms with Crippen molar-refractivity contribution in [3.05, 3.63) is 53.6 Å². The summed E-state index contributed by atoms with van der Waals surface area (Å²) in [5.74, 6) is 0.873. The van der Waals surface area contributed by atoms with E-state index >= 15 is 0 Å². The molecule has 0 atom stereocenters. The Labute approximate surface area is 171 Å². The van der Waals surface area contributed by atoms with Gasteiger partial charge < -0.3 is 19.7 Å². The molecule has 148 valence electrons. The SMILES string of the molecule is COc1cc(C(=S)N2CCCCC2)ccc1OCC(=O)Nc1ccccc1C. The fraction of sp³-hybridized carbons (Fsp3) is 0.364. The van der Waals surface area contributed by atoms with Crippen LogP contribution in [0, 0.1) is 6.92 Å². The van der Waals surface area contributed by atoms with Crippen molar-refractivity contribution in [3.63, 3.8) is 0 Å². The molecule has 1 amide bonds. The Hall–Kier alpha value is -2.60. The van der Waals surface area contributed by atoms with Gasteiger partial charge in [-0.2, -0.15) is 0 Å². The second-order valence-electron chi connectivity index (χ2n) is 6.87. The molecule has 0 unspecified atom stereocenters. The van der Waals surface area contributed by atoms with Gasteiger partial charge in [0.05, 0.1) is 7.11 Å². The maximum atomic E-state index is 12.2. The summed E-state index contributed by atoms with van der Waals surface area (Å²) >= 11 is 5.65. The van der Waals surface area contributed by atoms with Crippen LogP contribution in [0.3, 0.4) is 0 Å². The minimum atomic E-state index is -0.218. The highest BCUT2D eigenvalue weighted by Crippen LogP contribution is 2.29. The summed E-state index contributed by atoms with van der Waals surface area (Å²) in [5.41, 5.74) is 2.72. The van der Waals surface area contributed by atoms with Crippen LogP contribution in [-0.4, -0.2) is 42.6 Å². The quantitative estimate of drug-likeness (QED) is 0.740. The first kappa shape index (κ1) is 20.1. The van der Waals surface area contributed by atoms with Gasteiger partial charge in [0.15, 0.2) is 18.1 Å². The number of carbonyl (C=O) groups is 1. The fourth-order valence-electron chi connectivity index (χ4n) is 3.24. The molecule has 3 rings (SSSR count). The van der Waals surface area contributed by atoms with Crippen LogP contribution in [0.5, 0.6) is 11.5 Å². The summed E-state index contributed by atoms with van der Waals surface area (Å²) in [6, 6.07) is 13.2. The molecule has 2 aromatic carbocycles. The molecule has 1 heterocycles. The second-order valence-corrected chi connectivity index (χ2v) is 7.26. The summed E-state index contributed by atoms with van der Waals surface area (Å²) in [6.07, 6.45) is 3.61. The van der Waals surface area contributed by atoms with Crippen LogP contribution < -0.4 is 14.8 Å². The van der Waals surface area contributed by atoms with Gasteiger partial charge in [-0.1, -0.05) is 30.4 Å². The Balaban J connectivity index is 1.63. The average molecular weight is 399 g/mol. The van der Waals surface area contributed by atoms with Gasteiger partial charge in [-0.15, -0.1) is 0 Å². The zero-order chi connectivity index (χ0) is 19.9. The first-order valence-corrected chi connectivity index (χ1v) is 9.95. The third-order valence-electron chi connectivity index (χ3n) is 4.83. The minimum absolute atomic E-state index is 0.0966. The second kappa shape index (κ2) is 9.55. The number of anilines is 1. The van der Waals surface area contributed by atoms with E-state index in [2.05, 4.69) is 10.2 Å². The van der Waals surface area contributed by atoms with Crippen LogP contribution in [-0.2, 0) is 4.79 Å². The van der Waals surface area contributed by atoms with Crippen molar-refractivity contribution in [1.29, 1.82) is 0 Å². The van der Waals surface area contributed by atoms with Crippen molar-refractivity contribution in [2.45, 2.75) is 26.2 Å². The number of hydrogen-bond acceptors (Lipinski definition) is 4. The van der Waals surface area contributed by atoms with Crippen LogP contribution in [0.25, 0.3) is 0 Å². The van der Waals surface area contributed by atoms with Crippen molar-refractivity contribution >= 4 is 28.8 Å². The molecular formula is C22H26N2O3S. The Morgan fingerprint density at radius 1 is 1.11 bits per heavy atom. The lowest BCUT2D eigenvalue weighted by molar-refractivity contribution is -0.118. The highest BCUT2D eigenvalue weighted by atomic mass is 32.1. The number of ether oxygens (including phenoxy) is 2. The van der Waals surface area contributed by atoms with E-state index in [-0.39, 0.29) is 12.5 Å². The van der Waals surface area contributed by atoms with Crippen LogP contribution in [0.1, 0.15) is 30.4 Å². The first-order valence-electron chi connectivity index (χ1n) is 9.54. The largest absolute Gasteiger partial charge is 0.493 e. The summed E-state index contributed by atoms with van der Waals surface area (Å²) in [5, 5.41) is 2.86. The van der Waals surface area contributed by atoms with Crippen molar-refractivity contribution < 1.29 is 14.3 Å². The third-order valence-corrected chi connectivity index (χ3v) is 5.33. The molecule has 0 aromatic heterocycles.